The number of likely N-dealkylation sites (N-methyl/N-ethyl adjacent to an activating group) is 1. The Morgan fingerprint density at radius 3 is 2.64 bits per heavy atom. The molecule has 0 unspecified atom stereocenters. The number of amides is 1. The molecule has 0 spiro atoms. The largest absolute Gasteiger partial charge is 0.497 e. The number of nitriles is 1. The number of ether oxygens (including phenoxy) is 2. The van der Waals surface area contributed by atoms with Gasteiger partial charge in [0.05, 0.1) is 13.2 Å². The molecule has 1 heterocycles. The van der Waals surface area contributed by atoms with Crippen LogP contribution in [0.5, 0.6) is 5.75 Å². The topological polar surface area (TPSA) is 92.8 Å². The summed E-state index contributed by atoms with van der Waals surface area (Å²) in [6.07, 6.45) is 4.17. The molecule has 1 saturated carbocycles. The Bertz CT molecular complexity index is 934. The number of hydrogen-bond acceptors (Lipinski definition) is 6. The number of carbonyl (C=O) groups is 2. The highest BCUT2D eigenvalue weighted by Crippen LogP contribution is 2.33. The molecule has 2 aromatic rings. The molecule has 1 aromatic carbocycles. The minimum Gasteiger partial charge on any atom is -0.497 e. The van der Waals surface area contributed by atoms with Crippen molar-refractivity contribution in [3.05, 3.63) is 29.5 Å². The van der Waals surface area contributed by atoms with E-state index in [2.05, 4.69) is 6.07 Å². The van der Waals surface area contributed by atoms with Crippen LogP contribution in [0.15, 0.2) is 22.6 Å². The van der Waals surface area contributed by atoms with E-state index in [1.807, 2.05) is 0 Å². The maximum atomic E-state index is 12.5. The van der Waals surface area contributed by atoms with Crippen LogP contribution in [0.1, 0.15) is 48.2 Å². The van der Waals surface area contributed by atoms with Gasteiger partial charge in [-0.2, -0.15) is 5.26 Å². The molecule has 28 heavy (non-hydrogen) atoms. The molecule has 148 valence electrons. The van der Waals surface area contributed by atoms with Crippen LogP contribution in [-0.2, 0) is 9.53 Å². The lowest BCUT2D eigenvalue weighted by atomic mass is 9.81. The lowest BCUT2D eigenvalue weighted by molar-refractivity contribution is -0.138. The second-order valence-electron chi connectivity index (χ2n) is 7.15. The molecule has 3 rings (SSSR count). The maximum Gasteiger partial charge on any atom is 0.375 e. The number of nitrogens with zero attached hydrogens (tertiary/aromatic N) is 2. The van der Waals surface area contributed by atoms with Crippen molar-refractivity contribution >= 4 is 22.8 Å². The normalized spacial score (nSPS) is 15.6. The van der Waals surface area contributed by atoms with Gasteiger partial charge in [0.25, 0.3) is 5.91 Å². The van der Waals surface area contributed by atoms with Crippen molar-refractivity contribution in [2.45, 2.75) is 44.6 Å². The number of carbonyl (C=O) groups excluding carboxylic acids is 2. The second-order valence-corrected chi connectivity index (χ2v) is 7.15. The van der Waals surface area contributed by atoms with Gasteiger partial charge >= 0.3 is 5.97 Å². The third-order valence-corrected chi connectivity index (χ3v) is 5.56. The highest BCUT2D eigenvalue weighted by Gasteiger charge is 2.39. The zero-order chi connectivity index (χ0) is 20.3. The van der Waals surface area contributed by atoms with Crippen molar-refractivity contribution in [2.75, 3.05) is 20.8 Å². The van der Waals surface area contributed by atoms with Crippen molar-refractivity contribution in [3.8, 4) is 11.8 Å². The molecule has 0 saturated heterocycles. The predicted molar refractivity (Wildman–Crippen MR) is 102 cm³/mol. The summed E-state index contributed by atoms with van der Waals surface area (Å²) in [6.45, 7) is 1.32. The number of esters is 1. The number of methoxy groups -OCH3 is 1. The molecule has 0 atom stereocenters. The number of benzene rings is 1. The third kappa shape index (κ3) is 3.55. The average molecular weight is 384 g/mol. The molecule has 1 amide bonds. The van der Waals surface area contributed by atoms with E-state index < -0.39 is 24.0 Å². The van der Waals surface area contributed by atoms with Gasteiger partial charge in [-0.3, -0.25) is 4.79 Å². The maximum absolute atomic E-state index is 12.5. The molecule has 0 bridgehead atoms. The van der Waals surface area contributed by atoms with Crippen molar-refractivity contribution < 1.29 is 23.5 Å². The van der Waals surface area contributed by atoms with E-state index in [-0.39, 0.29) is 5.76 Å². The smallest absolute Gasteiger partial charge is 0.375 e. The summed E-state index contributed by atoms with van der Waals surface area (Å²) in [6, 6.07) is 7.53. The molecule has 7 heteroatoms. The fourth-order valence-corrected chi connectivity index (χ4v) is 3.71. The molecule has 0 aliphatic heterocycles. The van der Waals surface area contributed by atoms with Crippen LogP contribution < -0.4 is 4.74 Å². The van der Waals surface area contributed by atoms with E-state index in [4.69, 9.17) is 13.9 Å². The van der Waals surface area contributed by atoms with Gasteiger partial charge in [0.1, 0.15) is 16.9 Å². The van der Waals surface area contributed by atoms with Crippen molar-refractivity contribution in [3.63, 3.8) is 0 Å². The van der Waals surface area contributed by atoms with Crippen LogP contribution in [-0.4, -0.2) is 43.1 Å². The number of rotatable bonds is 5. The van der Waals surface area contributed by atoms with Gasteiger partial charge in [-0.05, 0) is 38.0 Å². The fraction of sp³-hybridized carbons (Fsp3) is 0.476. The quantitative estimate of drug-likeness (QED) is 0.732. The van der Waals surface area contributed by atoms with Crippen LogP contribution in [0.25, 0.3) is 11.0 Å². The van der Waals surface area contributed by atoms with Crippen LogP contribution >= 0.6 is 0 Å². The average Bonchev–Trinajstić information content (AvgIpc) is 3.07. The third-order valence-electron chi connectivity index (χ3n) is 5.56. The predicted octanol–water partition coefficient (Wildman–Crippen LogP) is 3.59. The second kappa shape index (κ2) is 7.93. The van der Waals surface area contributed by atoms with E-state index in [0.717, 1.165) is 24.6 Å². The Morgan fingerprint density at radius 1 is 1.29 bits per heavy atom. The first-order valence-electron chi connectivity index (χ1n) is 9.34. The van der Waals surface area contributed by atoms with Gasteiger partial charge in [-0.15, -0.1) is 0 Å². The Labute approximate surface area is 163 Å². The summed E-state index contributed by atoms with van der Waals surface area (Å²) in [5, 5.41) is 10.3. The van der Waals surface area contributed by atoms with E-state index in [1.165, 1.54) is 4.90 Å². The van der Waals surface area contributed by atoms with Crippen LogP contribution in [0.3, 0.4) is 0 Å². The highest BCUT2D eigenvalue weighted by atomic mass is 16.5. The molecule has 1 aromatic heterocycles. The van der Waals surface area contributed by atoms with E-state index in [0.29, 0.717) is 29.7 Å². The number of hydrogen-bond donors (Lipinski definition) is 0. The molecule has 0 radical (unpaired) electrons. The molecular weight excluding hydrogens is 360 g/mol. The van der Waals surface area contributed by atoms with Gasteiger partial charge < -0.3 is 18.8 Å². The summed E-state index contributed by atoms with van der Waals surface area (Å²) in [5.74, 6) is -0.384. The highest BCUT2D eigenvalue weighted by molar-refractivity contribution is 5.97. The SMILES string of the molecule is COc1ccc2oc(C(=O)OCC(=O)N(C)C3(C#N)CCCCC3)c(C)c2c1. The lowest BCUT2D eigenvalue weighted by Crippen LogP contribution is -2.51. The van der Waals surface area contributed by atoms with Gasteiger partial charge in [-0.25, -0.2) is 4.79 Å². The molecule has 7 nitrogen and oxygen atoms in total. The summed E-state index contributed by atoms with van der Waals surface area (Å²) in [4.78, 5) is 26.4. The van der Waals surface area contributed by atoms with Crippen LogP contribution in [0.4, 0.5) is 0 Å². The van der Waals surface area contributed by atoms with Gasteiger partial charge in [0.2, 0.25) is 5.76 Å². The van der Waals surface area contributed by atoms with Crippen molar-refractivity contribution in [2.24, 2.45) is 0 Å². The first-order chi connectivity index (χ1) is 13.4. The van der Waals surface area contributed by atoms with Crippen LogP contribution in [0.2, 0.25) is 0 Å². The monoisotopic (exact) mass is 384 g/mol. The first-order valence-corrected chi connectivity index (χ1v) is 9.34. The van der Waals surface area contributed by atoms with E-state index >= 15 is 0 Å². The molecule has 1 aliphatic rings. The van der Waals surface area contributed by atoms with Crippen molar-refractivity contribution in [1.82, 2.24) is 4.90 Å². The fourth-order valence-electron chi connectivity index (χ4n) is 3.71. The number of aryl methyl sites for hydroxylation is 1. The Kier molecular flexibility index (Phi) is 5.59. The molecule has 0 N–H and O–H groups in total. The minimum atomic E-state index is -0.812. The summed E-state index contributed by atoms with van der Waals surface area (Å²) >= 11 is 0. The Morgan fingerprint density at radius 2 is 2.00 bits per heavy atom. The van der Waals surface area contributed by atoms with E-state index in [9.17, 15) is 14.9 Å². The summed E-state index contributed by atoms with van der Waals surface area (Å²) in [5.41, 5.74) is 0.355. The zero-order valence-electron chi connectivity index (χ0n) is 16.4. The Balaban J connectivity index is 1.70. The zero-order valence-corrected chi connectivity index (χ0v) is 16.4. The minimum absolute atomic E-state index is 0.0615. The van der Waals surface area contributed by atoms with Gasteiger partial charge in [-0.1, -0.05) is 19.3 Å². The van der Waals surface area contributed by atoms with Crippen molar-refractivity contribution in [1.29, 1.82) is 5.26 Å². The van der Waals surface area contributed by atoms with Crippen LogP contribution in [0, 0.1) is 18.3 Å². The molecule has 1 aliphatic carbocycles. The van der Waals surface area contributed by atoms with E-state index in [1.54, 1.807) is 39.3 Å². The summed E-state index contributed by atoms with van der Waals surface area (Å²) < 4.78 is 16.0. The summed E-state index contributed by atoms with van der Waals surface area (Å²) in [7, 11) is 3.16. The van der Waals surface area contributed by atoms with Gasteiger partial charge in [0, 0.05) is 18.0 Å². The molecular formula is C21H24N2O5. The Hall–Kier alpha value is -3.01. The standard InChI is InChI=1S/C21H24N2O5/c1-14-16-11-15(26-3)7-8-17(16)28-19(14)20(25)27-12-18(24)23(2)21(13-22)9-5-4-6-10-21/h7-8,11H,4-6,9-10,12H2,1-3H3. The first kappa shape index (κ1) is 19.7. The lowest BCUT2D eigenvalue weighted by Gasteiger charge is -2.38. The molecule has 1 fully saturated rings. The number of furan rings is 1. The van der Waals surface area contributed by atoms with Gasteiger partial charge in [0.15, 0.2) is 6.61 Å². The number of fused-ring (bicyclic) bond motifs is 1.